The van der Waals surface area contributed by atoms with E-state index < -0.39 is 0 Å². The van der Waals surface area contributed by atoms with Crippen molar-refractivity contribution < 1.29 is 14.2 Å². The molecule has 0 radical (unpaired) electrons. The standard InChI is InChI=1S/C21H21ClN2O3/c1-25-19-9-15(10-20(26-2)21(19)27-3)16-8-14(11-23-13-16)12-24-18-6-4-17(22)5-7-18/h4-11,13,24H,12H2,1-3H3. The smallest absolute Gasteiger partial charge is 0.203 e. The van der Waals surface area contributed by atoms with Gasteiger partial charge in [0.2, 0.25) is 5.75 Å². The second-order valence-electron chi connectivity index (χ2n) is 5.86. The molecule has 6 heteroatoms. The highest BCUT2D eigenvalue weighted by atomic mass is 35.5. The average Bonchev–Trinajstić information content (AvgIpc) is 2.72. The number of rotatable bonds is 7. The molecule has 5 nitrogen and oxygen atoms in total. The zero-order valence-electron chi connectivity index (χ0n) is 15.5. The third-order valence-corrected chi connectivity index (χ3v) is 4.39. The van der Waals surface area contributed by atoms with Crippen LogP contribution in [0.2, 0.25) is 5.02 Å². The van der Waals surface area contributed by atoms with Crippen LogP contribution in [-0.2, 0) is 6.54 Å². The van der Waals surface area contributed by atoms with E-state index in [1.165, 1.54) is 0 Å². The van der Waals surface area contributed by atoms with Crippen LogP contribution >= 0.6 is 11.6 Å². The molecule has 0 unspecified atom stereocenters. The van der Waals surface area contributed by atoms with Gasteiger partial charge >= 0.3 is 0 Å². The van der Waals surface area contributed by atoms with Crippen molar-refractivity contribution >= 4 is 17.3 Å². The van der Waals surface area contributed by atoms with E-state index in [1.807, 2.05) is 48.8 Å². The summed E-state index contributed by atoms with van der Waals surface area (Å²) in [7, 11) is 4.79. The fraction of sp³-hybridized carbons (Fsp3) is 0.190. The summed E-state index contributed by atoms with van der Waals surface area (Å²) in [6.07, 6.45) is 3.65. The Morgan fingerprint density at radius 3 is 2.11 bits per heavy atom. The molecule has 0 spiro atoms. The molecular weight excluding hydrogens is 364 g/mol. The van der Waals surface area contributed by atoms with E-state index in [0.717, 1.165) is 22.4 Å². The first-order chi connectivity index (χ1) is 13.1. The fourth-order valence-corrected chi connectivity index (χ4v) is 2.89. The van der Waals surface area contributed by atoms with Gasteiger partial charge in [-0.3, -0.25) is 4.98 Å². The van der Waals surface area contributed by atoms with Crippen LogP contribution in [0.15, 0.2) is 54.9 Å². The summed E-state index contributed by atoms with van der Waals surface area (Å²) in [6.45, 7) is 0.646. The maximum absolute atomic E-state index is 5.92. The Bertz CT molecular complexity index is 889. The molecule has 3 rings (SSSR count). The highest BCUT2D eigenvalue weighted by Gasteiger charge is 2.14. The van der Waals surface area contributed by atoms with Crippen molar-refractivity contribution in [3.8, 4) is 28.4 Å². The monoisotopic (exact) mass is 384 g/mol. The Kier molecular flexibility index (Phi) is 6.04. The summed E-state index contributed by atoms with van der Waals surface area (Å²) in [5.41, 5.74) is 3.95. The Labute approximate surface area is 163 Å². The van der Waals surface area contributed by atoms with Crippen molar-refractivity contribution in [2.24, 2.45) is 0 Å². The number of nitrogens with one attached hydrogen (secondary N) is 1. The average molecular weight is 385 g/mol. The van der Waals surface area contributed by atoms with E-state index >= 15 is 0 Å². The second-order valence-corrected chi connectivity index (χ2v) is 6.29. The first-order valence-electron chi connectivity index (χ1n) is 8.38. The third-order valence-electron chi connectivity index (χ3n) is 4.13. The maximum Gasteiger partial charge on any atom is 0.203 e. The van der Waals surface area contributed by atoms with Crippen molar-refractivity contribution in [2.75, 3.05) is 26.6 Å². The van der Waals surface area contributed by atoms with Gasteiger partial charge in [-0.25, -0.2) is 0 Å². The second kappa shape index (κ2) is 8.64. The number of ether oxygens (including phenoxy) is 3. The predicted molar refractivity (Wildman–Crippen MR) is 108 cm³/mol. The lowest BCUT2D eigenvalue weighted by Crippen LogP contribution is -2.00. The van der Waals surface area contributed by atoms with Gasteiger partial charge in [-0.2, -0.15) is 0 Å². The minimum absolute atomic E-state index is 0.567. The molecule has 27 heavy (non-hydrogen) atoms. The van der Waals surface area contributed by atoms with Crippen LogP contribution in [0.25, 0.3) is 11.1 Å². The zero-order valence-corrected chi connectivity index (χ0v) is 16.2. The van der Waals surface area contributed by atoms with Crippen LogP contribution in [0.4, 0.5) is 5.69 Å². The molecule has 2 aromatic carbocycles. The largest absolute Gasteiger partial charge is 0.493 e. The molecule has 1 heterocycles. The number of aromatic nitrogens is 1. The maximum atomic E-state index is 5.92. The number of halogens is 1. The number of anilines is 1. The highest BCUT2D eigenvalue weighted by molar-refractivity contribution is 6.30. The summed E-state index contributed by atoms with van der Waals surface area (Å²) in [5.74, 6) is 1.78. The summed E-state index contributed by atoms with van der Waals surface area (Å²) >= 11 is 5.92. The van der Waals surface area contributed by atoms with Crippen LogP contribution < -0.4 is 19.5 Å². The quantitative estimate of drug-likeness (QED) is 0.618. The van der Waals surface area contributed by atoms with Gasteiger partial charge in [0, 0.05) is 35.2 Å². The van der Waals surface area contributed by atoms with Gasteiger partial charge < -0.3 is 19.5 Å². The fourth-order valence-electron chi connectivity index (χ4n) is 2.76. The van der Waals surface area contributed by atoms with Gasteiger partial charge in [0.1, 0.15) is 0 Å². The number of hydrogen-bond acceptors (Lipinski definition) is 5. The number of hydrogen-bond donors (Lipinski definition) is 1. The molecule has 0 aliphatic carbocycles. The minimum atomic E-state index is 0.567. The van der Waals surface area contributed by atoms with Gasteiger partial charge in [0.05, 0.1) is 21.3 Å². The Hall–Kier alpha value is -2.92. The molecule has 0 saturated carbocycles. The lowest BCUT2D eigenvalue weighted by Gasteiger charge is -2.14. The van der Waals surface area contributed by atoms with E-state index in [4.69, 9.17) is 25.8 Å². The van der Waals surface area contributed by atoms with Crippen LogP contribution in [0.5, 0.6) is 17.2 Å². The molecule has 0 atom stereocenters. The minimum Gasteiger partial charge on any atom is -0.493 e. The first-order valence-corrected chi connectivity index (χ1v) is 8.76. The van der Waals surface area contributed by atoms with E-state index in [9.17, 15) is 0 Å². The summed E-state index contributed by atoms with van der Waals surface area (Å²) in [4.78, 5) is 4.37. The molecule has 0 bridgehead atoms. The van der Waals surface area contributed by atoms with Gasteiger partial charge in [0.15, 0.2) is 11.5 Å². The Morgan fingerprint density at radius 1 is 0.852 bits per heavy atom. The lowest BCUT2D eigenvalue weighted by molar-refractivity contribution is 0.324. The first kappa shape index (κ1) is 18.9. The van der Waals surface area contributed by atoms with Crippen molar-refractivity contribution in [3.63, 3.8) is 0 Å². The van der Waals surface area contributed by atoms with Crippen molar-refractivity contribution in [2.45, 2.75) is 6.54 Å². The molecule has 0 amide bonds. The van der Waals surface area contributed by atoms with Gasteiger partial charge in [0.25, 0.3) is 0 Å². The summed E-state index contributed by atoms with van der Waals surface area (Å²) < 4.78 is 16.3. The van der Waals surface area contributed by atoms with Crippen LogP contribution in [0, 0.1) is 0 Å². The van der Waals surface area contributed by atoms with E-state index in [-0.39, 0.29) is 0 Å². The lowest BCUT2D eigenvalue weighted by atomic mass is 10.0. The molecule has 0 aliphatic heterocycles. The van der Waals surface area contributed by atoms with Crippen molar-refractivity contribution in [3.05, 3.63) is 65.4 Å². The van der Waals surface area contributed by atoms with Gasteiger partial charge in [-0.1, -0.05) is 11.6 Å². The molecular formula is C21H21ClN2O3. The predicted octanol–water partition coefficient (Wildman–Crippen LogP) is 5.04. The SMILES string of the molecule is COc1cc(-c2cncc(CNc3ccc(Cl)cc3)c2)cc(OC)c1OC. The molecule has 1 N–H and O–H groups in total. The number of benzene rings is 2. The van der Waals surface area contributed by atoms with Crippen LogP contribution in [-0.4, -0.2) is 26.3 Å². The molecule has 3 aromatic rings. The Balaban J connectivity index is 1.85. The normalized spacial score (nSPS) is 10.4. The molecule has 140 valence electrons. The molecule has 0 saturated heterocycles. The zero-order chi connectivity index (χ0) is 19.2. The number of pyridine rings is 1. The molecule has 1 aromatic heterocycles. The van der Waals surface area contributed by atoms with Crippen LogP contribution in [0.1, 0.15) is 5.56 Å². The van der Waals surface area contributed by atoms with Gasteiger partial charge in [-0.15, -0.1) is 0 Å². The van der Waals surface area contributed by atoms with Crippen molar-refractivity contribution in [1.82, 2.24) is 4.98 Å². The van der Waals surface area contributed by atoms with Crippen molar-refractivity contribution in [1.29, 1.82) is 0 Å². The molecule has 0 aliphatic rings. The Morgan fingerprint density at radius 2 is 1.52 bits per heavy atom. The summed E-state index contributed by atoms with van der Waals surface area (Å²) in [6, 6.07) is 13.5. The van der Waals surface area contributed by atoms with E-state index in [0.29, 0.717) is 28.8 Å². The van der Waals surface area contributed by atoms with E-state index in [2.05, 4.69) is 16.4 Å². The topological polar surface area (TPSA) is 52.6 Å². The van der Waals surface area contributed by atoms with Crippen LogP contribution in [0.3, 0.4) is 0 Å². The third kappa shape index (κ3) is 4.44. The number of methoxy groups -OCH3 is 3. The number of nitrogens with zero attached hydrogens (tertiary/aromatic N) is 1. The summed E-state index contributed by atoms with van der Waals surface area (Å²) in [5, 5.41) is 4.08. The van der Waals surface area contributed by atoms with Gasteiger partial charge in [-0.05, 0) is 53.6 Å². The highest BCUT2D eigenvalue weighted by Crippen LogP contribution is 2.41. The molecule has 0 fully saturated rings. The van der Waals surface area contributed by atoms with E-state index in [1.54, 1.807) is 21.3 Å².